The van der Waals surface area contributed by atoms with E-state index in [0.29, 0.717) is 0 Å². The molecule has 0 aliphatic heterocycles. The van der Waals surface area contributed by atoms with Gasteiger partial charge in [0.25, 0.3) is 0 Å². The predicted octanol–water partition coefficient (Wildman–Crippen LogP) is 10.5. The van der Waals surface area contributed by atoms with Gasteiger partial charge in [-0.3, -0.25) is 0 Å². The number of para-hydroxylation sites is 1. The number of hydrogen-bond donors (Lipinski definition) is 0. The van der Waals surface area contributed by atoms with Crippen LogP contribution in [0, 0.1) is 0 Å². The molecule has 0 saturated carbocycles. The summed E-state index contributed by atoms with van der Waals surface area (Å²) in [5.41, 5.74) is 14.0. The van der Waals surface area contributed by atoms with Crippen LogP contribution >= 0.6 is 0 Å². The van der Waals surface area contributed by atoms with Crippen LogP contribution in [0.5, 0.6) is 0 Å². The number of aromatic nitrogens is 1. The largest absolute Gasteiger partial charge is 0.345 e. The minimum atomic E-state index is 0.0169. The van der Waals surface area contributed by atoms with Crippen LogP contribution in [0.15, 0.2) is 140 Å². The zero-order valence-corrected chi connectivity index (χ0v) is 24.2. The van der Waals surface area contributed by atoms with Crippen molar-refractivity contribution in [2.24, 2.45) is 0 Å². The van der Waals surface area contributed by atoms with Crippen LogP contribution in [-0.2, 0) is 5.41 Å². The topological polar surface area (TPSA) is 8.17 Å². The molecular weight excluding hydrogens is 508 g/mol. The first-order valence-corrected chi connectivity index (χ1v) is 14.7. The van der Waals surface area contributed by atoms with E-state index in [2.05, 4.69) is 170 Å². The molecule has 1 aromatic heterocycles. The van der Waals surface area contributed by atoms with E-state index in [0.717, 1.165) is 0 Å². The number of anilines is 2. The molecule has 0 spiro atoms. The Morgan fingerprint density at radius 1 is 0.500 bits per heavy atom. The first-order chi connectivity index (χ1) is 20.5. The van der Waals surface area contributed by atoms with Crippen LogP contribution in [0.3, 0.4) is 0 Å². The maximum atomic E-state index is 2.39. The molecule has 202 valence electrons. The zero-order chi connectivity index (χ0) is 28.4. The van der Waals surface area contributed by atoms with Crippen molar-refractivity contribution in [3.8, 4) is 27.9 Å². The lowest BCUT2D eigenvalue weighted by molar-refractivity contribution is 0.660. The summed E-state index contributed by atoms with van der Waals surface area (Å²) in [5, 5.41) is 2.52. The molecule has 0 radical (unpaired) electrons. The predicted molar refractivity (Wildman–Crippen MR) is 178 cm³/mol. The molecule has 0 N–H and O–H groups in total. The monoisotopic (exact) mass is 540 g/mol. The Labute approximate surface area is 247 Å². The second-order valence-electron chi connectivity index (χ2n) is 11.9. The normalized spacial score (nSPS) is 13.3. The van der Waals surface area contributed by atoms with E-state index >= 15 is 0 Å². The van der Waals surface area contributed by atoms with E-state index in [1.807, 2.05) is 0 Å². The fourth-order valence-corrected chi connectivity index (χ4v) is 6.95. The highest BCUT2D eigenvalue weighted by Crippen LogP contribution is 2.49. The van der Waals surface area contributed by atoms with Gasteiger partial charge in [-0.1, -0.05) is 105 Å². The highest BCUT2D eigenvalue weighted by molar-refractivity contribution is 6.10. The average molecular weight is 541 g/mol. The maximum absolute atomic E-state index is 2.39. The number of fused-ring (bicyclic) bond motifs is 6. The Morgan fingerprint density at radius 3 is 1.95 bits per heavy atom. The van der Waals surface area contributed by atoms with Crippen LogP contribution in [0.4, 0.5) is 11.4 Å². The molecule has 42 heavy (non-hydrogen) atoms. The van der Waals surface area contributed by atoms with E-state index in [1.165, 1.54) is 72.2 Å². The minimum Gasteiger partial charge on any atom is -0.345 e. The summed E-state index contributed by atoms with van der Waals surface area (Å²) in [6.45, 7) is 4.67. The van der Waals surface area contributed by atoms with Crippen molar-refractivity contribution in [2.45, 2.75) is 19.3 Å². The lowest BCUT2D eigenvalue weighted by Crippen LogP contribution is -2.15. The lowest BCUT2D eigenvalue weighted by Gasteiger charge is -2.23. The summed E-state index contributed by atoms with van der Waals surface area (Å²) in [7, 11) is 2.18. The van der Waals surface area contributed by atoms with Crippen LogP contribution in [-0.4, -0.2) is 11.6 Å². The number of nitrogens with zero attached hydrogens (tertiary/aromatic N) is 2. The summed E-state index contributed by atoms with van der Waals surface area (Å²) in [6, 6.07) is 50.9. The van der Waals surface area contributed by atoms with Gasteiger partial charge in [-0.05, 0) is 81.9 Å². The van der Waals surface area contributed by atoms with Gasteiger partial charge >= 0.3 is 0 Å². The van der Waals surface area contributed by atoms with E-state index in [4.69, 9.17) is 0 Å². The van der Waals surface area contributed by atoms with Gasteiger partial charge in [0.1, 0.15) is 0 Å². The first-order valence-electron chi connectivity index (χ1n) is 14.7. The molecule has 0 bridgehead atoms. The molecule has 1 heterocycles. The molecule has 0 fully saturated rings. The highest BCUT2D eigenvalue weighted by Gasteiger charge is 2.35. The van der Waals surface area contributed by atoms with Gasteiger partial charge in [-0.15, -0.1) is 0 Å². The van der Waals surface area contributed by atoms with Gasteiger partial charge < -0.3 is 9.47 Å². The molecule has 0 atom stereocenters. The zero-order valence-electron chi connectivity index (χ0n) is 24.2. The molecule has 2 nitrogen and oxygen atoms in total. The third-order valence-corrected chi connectivity index (χ3v) is 9.23. The summed E-state index contributed by atoms with van der Waals surface area (Å²) in [6.07, 6.45) is 0. The third kappa shape index (κ3) is 3.65. The Morgan fingerprint density at radius 2 is 1.12 bits per heavy atom. The van der Waals surface area contributed by atoms with Crippen LogP contribution in [0.25, 0.3) is 49.7 Å². The average Bonchev–Trinajstić information content (AvgIpc) is 3.49. The molecule has 0 amide bonds. The second-order valence-corrected chi connectivity index (χ2v) is 11.9. The minimum absolute atomic E-state index is 0.0169. The standard InChI is InChI=1S/C40H32N2/c1-40(2)36-15-9-7-13-32(36)34-25-30(21-23-37(34)40)41(3)31-22-24-39-35(26-31)33-14-8-10-16-38(33)42(39)29-19-17-28(18-20-29)27-11-5-4-6-12-27/h4-26H,1-3H3. The molecule has 1 aliphatic carbocycles. The van der Waals surface area contributed by atoms with E-state index in [1.54, 1.807) is 0 Å². The van der Waals surface area contributed by atoms with Gasteiger partial charge in [0.05, 0.1) is 11.0 Å². The quantitative estimate of drug-likeness (QED) is 0.216. The van der Waals surface area contributed by atoms with Crippen LogP contribution in [0.2, 0.25) is 0 Å². The van der Waals surface area contributed by atoms with Crippen molar-refractivity contribution in [2.75, 3.05) is 11.9 Å². The van der Waals surface area contributed by atoms with Gasteiger partial charge in [-0.25, -0.2) is 0 Å². The molecule has 0 unspecified atom stereocenters. The smallest absolute Gasteiger partial charge is 0.0542 e. The SMILES string of the molecule is CN(c1ccc2c(c1)-c1ccccc1C2(C)C)c1ccc2c(c1)c1ccccc1n2-c1ccc(-c2ccccc2)cc1. The van der Waals surface area contributed by atoms with Crippen molar-refractivity contribution in [3.05, 3.63) is 151 Å². The maximum Gasteiger partial charge on any atom is 0.0542 e. The number of hydrogen-bond acceptors (Lipinski definition) is 1. The first kappa shape index (κ1) is 24.7. The Hall–Kier alpha value is -5.08. The molecule has 7 aromatic rings. The van der Waals surface area contributed by atoms with E-state index in [-0.39, 0.29) is 5.41 Å². The molecular formula is C40H32N2. The van der Waals surface area contributed by atoms with Crippen LogP contribution < -0.4 is 4.90 Å². The Bertz CT molecular complexity index is 2110. The fourth-order valence-electron chi connectivity index (χ4n) is 6.95. The van der Waals surface area contributed by atoms with Gasteiger partial charge in [0, 0.05) is 40.3 Å². The van der Waals surface area contributed by atoms with Crippen molar-refractivity contribution in [1.82, 2.24) is 4.57 Å². The van der Waals surface area contributed by atoms with Crippen molar-refractivity contribution in [3.63, 3.8) is 0 Å². The second kappa shape index (κ2) is 9.22. The third-order valence-electron chi connectivity index (χ3n) is 9.23. The van der Waals surface area contributed by atoms with Gasteiger partial charge in [0.15, 0.2) is 0 Å². The fraction of sp³-hybridized carbons (Fsp3) is 0.100. The Balaban J connectivity index is 1.22. The molecule has 8 rings (SSSR count). The van der Waals surface area contributed by atoms with Crippen LogP contribution in [0.1, 0.15) is 25.0 Å². The summed E-state index contributed by atoms with van der Waals surface area (Å²) >= 11 is 0. The summed E-state index contributed by atoms with van der Waals surface area (Å²) < 4.78 is 2.39. The summed E-state index contributed by atoms with van der Waals surface area (Å²) in [4.78, 5) is 2.31. The summed E-state index contributed by atoms with van der Waals surface area (Å²) in [5.74, 6) is 0. The molecule has 2 heteroatoms. The molecule has 6 aromatic carbocycles. The van der Waals surface area contributed by atoms with Gasteiger partial charge in [0.2, 0.25) is 0 Å². The lowest BCUT2D eigenvalue weighted by atomic mass is 9.82. The van der Waals surface area contributed by atoms with Crippen molar-refractivity contribution in [1.29, 1.82) is 0 Å². The highest BCUT2D eigenvalue weighted by atomic mass is 15.1. The van der Waals surface area contributed by atoms with E-state index < -0.39 is 0 Å². The van der Waals surface area contributed by atoms with Crippen molar-refractivity contribution >= 4 is 33.2 Å². The van der Waals surface area contributed by atoms with E-state index in [9.17, 15) is 0 Å². The molecule has 1 aliphatic rings. The number of rotatable bonds is 4. The Kier molecular flexibility index (Phi) is 5.42. The van der Waals surface area contributed by atoms with Gasteiger partial charge in [-0.2, -0.15) is 0 Å². The number of benzene rings is 6. The van der Waals surface area contributed by atoms with Crippen molar-refractivity contribution < 1.29 is 0 Å². The molecule has 0 saturated heterocycles.